The Kier molecular flexibility index (Phi) is 5.14. The Hall–Kier alpha value is -2.11. The first kappa shape index (κ1) is 15.3. The molecule has 0 spiro atoms. The molecule has 1 aromatic rings. The molecule has 114 valence electrons. The summed E-state index contributed by atoms with van der Waals surface area (Å²) in [5, 5.41) is 8.99. The number of carboxylic acids is 1. The second-order valence-electron chi connectivity index (χ2n) is 5.25. The molecule has 1 aromatic heterocycles. The van der Waals surface area contributed by atoms with E-state index in [0.717, 1.165) is 5.56 Å². The molecule has 2 rings (SSSR count). The van der Waals surface area contributed by atoms with Crippen LogP contribution in [0.3, 0.4) is 0 Å². The summed E-state index contributed by atoms with van der Waals surface area (Å²) in [7, 11) is 0. The second-order valence-corrected chi connectivity index (χ2v) is 5.25. The monoisotopic (exact) mass is 291 g/mol. The molecule has 2 amide bonds. The molecule has 0 aliphatic carbocycles. The lowest BCUT2D eigenvalue weighted by molar-refractivity contribution is -0.143. The molecule has 21 heavy (non-hydrogen) atoms. The van der Waals surface area contributed by atoms with E-state index in [-0.39, 0.29) is 11.9 Å². The Bertz CT molecular complexity index is 484. The number of hydrogen-bond acceptors (Lipinski definition) is 3. The third kappa shape index (κ3) is 3.93. The van der Waals surface area contributed by atoms with Gasteiger partial charge in [0.2, 0.25) is 0 Å². The number of pyridine rings is 1. The van der Waals surface area contributed by atoms with Crippen LogP contribution in [0.15, 0.2) is 24.5 Å². The fourth-order valence-corrected chi connectivity index (χ4v) is 2.54. The van der Waals surface area contributed by atoms with Gasteiger partial charge in [0.25, 0.3) is 0 Å². The largest absolute Gasteiger partial charge is 0.481 e. The summed E-state index contributed by atoms with van der Waals surface area (Å²) < 4.78 is 0. The molecule has 2 heterocycles. The van der Waals surface area contributed by atoms with Gasteiger partial charge in [-0.15, -0.1) is 0 Å². The van der Waals surface area contributed by atoms with Crippen LogP contribution < -0.4 is 0 Å². The molecule has 0 bridgehead atoms. The van der Waals surface area contributed by atoms with Crippen LogP contribution in [0.4, 0.5) is 4.79 Å². The third-order valence-corrected chi connectivity index (χ3v) is 3.89. The number of likely N-dealkylation sites (tertiary alicyclic amines) is 1. The lowest BCUT2D eigenvalue weighted by Gasteiger charge is -2.34. The van der Waals surface area contributed by atoms with Crippen molar-refractivity contribution in [1.82, 2.24) is 14.8 Å². The Morgan fingerprint density at radius 2 is 1.95 bits per heavy atom. The summed E-state index contributed by atoms with van der Waals surface area (Å²) in [5.41, 5.74) is 1.04. The zero-order valence-electron chi connectivity index (χ0n) is 12.2. The maximum atomic E-state index is 12.5. The fourth-order valence-electron chi connectivity index (χ4n) is 2.54. The van der Waals surface area contributed by atoms with Crippen molar-refractivity contribution in [3.8, 4) is 0 Å². The first-order chi connectivity index (χ1) is 10.1. The SMILES string of the molecule is CCN(Cc1ccncc1)C(=O)N1CCC(C(=O)O)CC1. The Labute approximate surface area is 124 Å². The number of aliphatic carboxylic acids is 1. The normalized spacial score (nSPS) is 15.8. The van der Waals surface area contributed by atoms with Crippen molar-refractivity contribution in [2.75, 3.05) is 19.6 Å². The number of amides is 2. The van der Waals surface area contributed by atoms with Crippen LogP contribution in [0.2, 0.25) is 0 Å². The van der Waals surface area contributed by atoms with Crippen LogP contribution in [-0.2, 0) is 11.3 Å². The summed E-state index contributed by atoms with van der Waals surface area (Å²) in [6.45, 7) is 4.16. The fraction of sp³-hybridized carbons (Fsp3) is 0.533. The molecule has 0 atom stereocenters. The standard InChI is InChI=1S/C15H21N3O3/c1-2-17(11-12-3-7-16-8-4-12)15(21)18-9-5-13(6-10-18)14(19)20/h3-4,7-8,13H,2,5-6,9-11H2,1H3,(H,19,20). The topological polar surface area (TPSA) is 73.7 Å². The van der Waals surface area contributed by atoms with Gasteiger partial charge < -0.3 is 14.9 Å². The average molecular weight is 291 g/mol. The minimum absolute atomic E-state index is 0.0156. The van der Waals surface area contributed by atoms with E-state index in [1.165, 1.54) is 0 Å². The molecule has 0 unspecified atom stereocenters. The van der Waals surface area contributed by atoms with Gasteiger partial charge in [-0.25, -0.2) is 4.79 Å². The molecular weight excluding hydrogens is 270 g/mol. The van der Waals surface area contributed by atoms with Gasteiger partial charge in [0, 0.05) is 38.6 Å². The third-order valence-electron chi connectivity index (χ3n) is 3.89. The van der Waals surface area contributed by atoms with E-state index in [0.29, 0.717) is 39.0 Å². The van der Waals surface area contributed by atoms with Crippen LogP contribution in [-0.4, -0.2) is 51.5 Å². The van der Waals surface area contributed by atoms with Crippen LogP contribution >= 0.6 is 0 Å². The van der Waals surface area contributed by atoms with Gasteiger partial charge in [0.05, 0.1) is 5.92 Å². The van der Waals surface area contributed by atoms with Gasteiger partial charge in [-0.2, -0.15) is 0 Å². The summed E-state index contributed by atoms with van der Waals surface area (Å²) in [4.78, 5) is 30.9. The number of hydrogen-bond donors (Lipinski definition) is 1. The van der Waals surface area contributed by atoms with E-state index in [4.69, 9.17) is 5.11 Å². The zero-order valence-corrected chi connectivity index (χ0v) is 12.2. The number of rotatable bonds is 4. The maximum absolute atomic E-state index is 12.5. The molecule has 1 fully saturated rings. The van der Waals surface area contributed by atoms with E-state index < -0.39 is 5.97 Å². The molecule has 1 aliphatic heterocycles. The van der Waals surface area contributed by atoms with Crippen LogP contribution in [0.5, 0.6) is 0 Å². The van der Waals surface area contributed by atoms with Crippen LogP contribution in [0.25, 0.3) is 0 Å². The molecule has 1 aliphatic rings. The number of aromatic nitrogens is 1. The van der Waals surface area contributed by atoms with Crippen molar-refractivity contribution >= 4 is 12.0 Å². The van der Waals surface area contributed by atoms with E-state index in [1.54, 1.807) is 22.2 Å². The molecule has 1 saturated heterocycles. The lowest BCUT2D eigenvalue weighted by atomic mass is 9.97. The summed E-state index contributed by atoms with van der Waals surface area (Å²) in [6, 6.07) is 3.78. The molecule has 6 heteroatoms. The van der Waals surface area contributed by atoms with E-state index in [1.807, 2.05) is 19.1 Å². The molecule has 0 radical (unpaired) electrons. The van der Waals surface area contributed by atoms with E-state index >= 15 is 0 Å². The Morgan fingerprint density at radius 3 is 2.48 bits per heavy atom. The van der Waals surface area contributed by atoms with Crippen molar-refractivity contribution in [2.24, 2.45) is 5.92 Å². The van der Waals surface area contributed by atoms with Gasteiger partial charge in [-0.3, -0.25) is 9.78 Å². The molecule has 0 saturated carbocycles. The molecular formula is C15H21N3O3. The van der Waals surface area contributed by atoms with Crippen LogP contribution in [0.1, 0.15) is 25.3 Å². The number of nitrogens with zero attached hydrogens (tertiary/aromatic N) is 3. The average Bonchev–Trinajstić information content (AvgIpc) is 2.53. The van der Waals surface area contributed by atoms with Gasteiger partial charge >= 0.3 is 12.0 Å². The zero-order chi connectivity index (χ0) is 15.2. The number of carbonyl (C=O) groups excluding carboxylic acids is 1. The number of piperidine rings is 1. The molecule has 0 aromatic carbocycles. The number of carbonyl (C=O) groups is 2. The highest BCUT2D eigenvalue weighted by molar-refractivity contribution is 5.75. The summed E-state index contributed by atoms with van der Waals surface area (Å²) in [5.74, 6) is -1.07. The quantitative estimate of drug-likeness (QED) is 0.918. The predicted octanol–water partition coefficient (Wildman–Crippen LogP) is 1.82. The van der Waals surface area contributed by atoms with Crippen molar-refractivity contribution in [3.63, 3.8) is 0 Å². The Morgan fingerprint density at radius 1 is 1.33 bits per heavy atom. The van der Waals surface area contributed by atoms with Crippen molar-refractivity contribution in [2.45, 2.75) is 26.3 Å². The van der Waals surface area contributed by atoms with Crippen LogP contribution in [0, 0.1) is 5.92 Å². The van der Waals surface area contributed by atoms with Gasteiger partial charge in [-0.05, 0) is 37.5 Å². The van der Waals surface area contributed by atoms with Crippen molar-refractivity contribution in [3.05, 3.63) is 30.1 Å². The first-order valence-corrected chi connectivity index (χ1v) is 7.27. The minimum atomic E-state index is -0.758. The highest BCUT2D eigenvalue weighted by atomic mass is 16.4. The highest BCUT2D eigenvalue weighted by Gasteiger charge is 2.28. The van der Waals surface area contributed by atoms with E-state index in [2.05, 4.69) is 4.98 Å². The summed E-state index contributed by atoms with van der Waals surface area (Å²) in [6.07, 6.45) is 4.50. The highest BCUT2D eigenvalue weighted by Crippen LogP contribution is 2.19. The molecule has 6 nitrogen and oxygen atoms in total. The summed E-state index contributed by atoms with van der Waals surface area (Å²) >= 11 is 0. The predicted molar refractivity (Wildman–Crippen MR) is 77.6 cm³/mol. The number of carboxylic acid groups (broad SMARTS) is 1. The maximum Gasteiger partial charge on any atom is 0.320 e. The number of urea groups is 1. The Balaban J connectivity index is 1.93. The molecule has 1 N–H and O–H groups in total. The van der Waals surface area contributed by atoms with Gasteiger partial charge in [0.15, 0.2) is 0 Å². The van der Waals surface area contributed by atoms with Crippen molar-refractivity contribution < 1.29 is 14.7 Å². The van der Waals surface area contributed by atoms with E-state index in [9.17, 15) is 9.59 Å². The van der Waals surface area contributed by atoms with Crippen molar-refractivity contribution in [1.29, 1.82) is 0 Å². The second kappa shape index (κ2) is 7.06. The minimum Gasteiger partial charge on any atom is -0.481 e. The first-order valence-electron chi connectivity index (χ1n) is 7.27. The lowest BCUT2D eigenvalue weighted by Crippen LogP contribution is -2.47. The van der Waals surface area contributed by atoms with Gasteiger partial charge in [-0.1, -0.05) is 0 Å². The van der Waals surface area contributed by atoms with Gasteiger partial charge in [0.1, 0.15) is 0 Å². The smallest absolute Gasteiger partial charge is 0.320 e.